The number of aromatic amines is 4. The number of aromatic carboxylic acids is 1. The van der Waals surface area contributed by atoms with E-state index in [2.05, 4.69) is 111 Å². The maximum Gasteiger partial charge on any atom is 0.643 e. The van der Waals surface area contributed by atoms with Crippen molar-refractivity contribution in [2.24, 2.45) is 0 Å². The Bertz CT molecular complexity index is 4860. The van der Waals surface area contributed by atoms with Gasteiger partial charge in [0.15, 0.2) is 5.78 Å². The lowest BCUT2D eigenvalue weighted by atomic mass is 10.0. The molecule has 0 amide bonds. The number of carboxylic acids is 1. The average Bonchev–Trinajstić information content (AvgIpc) is 1.77. The molecule has 104 heavy (non-hydrogen) atoms. The van der Waals surface area contributed by atoms with Crippen LogP contribution >= 0.6 is 65.0 Å². The van der Waals surface area contributed by atoms with Gasteiger partial charge in [0, 0.05) is 28.3 Å². The summed E-state index contributed by atoms with van der Waals surface area (Å²) in [5.74, 6) is -2.08. The Kier molecular flexibility index (Phi) is 35.9. The van der Waals surface area contributed by atoms with Crippen LogP contribution in [0, 0.1) is 27.7 Å². The van der Waals surface area contributed by atoms with Gasteiger partial charge in [-0.2, -0.15) is 0 Å². The van der Waals surface area contributed by atoms with E-state index in [4.69, 9.17) is 84.3 Å². The van der Waals surface area contributed by atoms with Gasteiger partial charge in [0.25, 0.3) is 0 Å². The van der Waals surface area contributed by atoms with E-state index in [0.29, 0.717) is 48.2 Å². The molecule has 540 valence electrons. The van der Waals surface area contributed by atoms with Crippen molar-refractivity contribution >= 4 is 166 Å². The third-order valence-corrected chi connectivity index (χ3v) is 16.0. The lowest BCUT2D eigenvalue weighted by Crippen LogP contribution is -2.04. The molecular formula is C83H83AlCl6N4O10. The number of aryl methyl sites for hydroxylation is 8. The van der Waals surface area contributed by atoms with Gasteiger partial charge in [-0.25, -0.2) is 49.3 Å². The first kappa shape index (κ1) is 83.8. The van der Waals surface area contributed by atoms with Crippen molar-refractivity contribution in [3.8, 4) is 0 Å². The molecule has 0 atom stereocenters. The number of fused-ring (bicyclic) bond motifs is 4. The van der Waals surface area contributed by atoms with Gasteiger partial charge in [-0.05, 0) is 230 Å². The summed E-state index contributed by atoms with van der Waals surface area (Å²) in [6.07, 6.45) is 12.3. The molecule has 12 rings (SSSR count). The molecule has 0 saturated heterocycles. The van der Waals surface area contributed by atoms with Gasteiger partial charge in [-0.1, -0.05) is 170 Å². The van der Waals surface area contributed by atoms with Crippen molar-refractivity contribution in [1.82, 2.24) is 19.9 Å². The van der Waals surface area contributed by atoms with Crippen LogP contribution < -0.4 is 0 Å². The highest BCUT2D eigenvalue weighted by Gasteiger charge is 2.17. The predicted molar refractivity (Wildman–Crippen MR) is 430 cm³/mol. The Morgan fingerprint density at radius 2 is 0.769 bits per heavy atom. The van der Waals surface area contributed by atoms with Crippen LogP contribution in [0.15, 0.2) is 212 Å². The summed E-state index contributed by atoms with van der Waals surface area (Å²) in [5, 5.41) is 18.5. The minimum absolute atomic E-state index is 0.155. The number of esters is 3. The number of carboxylic acid groups (broad SMARTS) is 1. The molecule has 21 heteroatoms. The van der Waals surface area contributed by atoms with Crippen LogP contribution in [0.1, 0.15) is 142 Å². The number of hydrogen-bond donors (Lipinski definition) is 5. The Labute approximate surface area is 638 Å². The first-order chi connectivity index (χ1) is 50.0. The van der Waals surface area contributed by atoms with E-state index in [-0.39, 0.29) is 28.8 Å². The number of H-pyrrole nitrogens is 4. The van der Waals surface area contributed by atoms with E-state index < -0.39 is 28.6 Å². The molecule has 0 aliphatic rings. The van der Waals surface area contributed by atoms with Crippen molar-refractivity contribution in [3.63, 3.8) is 0 Å². The summed E-state index contributed by atoms with van der Waals surface area (Å²) in [6.45, 7) is 14.0. The molecule has 0 spiro atoms. The summed E-state index contributed by atoms with van der Waals surface area (Å²) in [6, 6.07) is 67.0. The molecular weight excluding hydrogens is 1450 g/mol. The number of aromatic nitrogens is 4. The number of halogens is 6. The topological polar surface area (TPSA) is 213 Å². The third kappa shape index (κ3) is 28.2. The van der Waals surface area contributed by atoms with Gasteiger partial charge in [0.2, 0.25) is 5.24 Å². The smallest absolute Gasteiger partial charge is 0.477 e. The fraction of sp³-hybridized carbons (Fsp3) is 0.205. The van der Waals surface area contributed by atoms with Crippen molar-refractivity contribution in [1.29, 1.82) is 0 Å². The van der Waals surface area contributed by atoms with Gasteiger partial charge in [-0.15, -0.1) is 23.2 Å². The number of allylic oxidation sites excluding steroid dienone is 2. The number of carbonyl (C=O) groups is 6. The molecule has 0 aliphatic carbocycles. The van der Waals surface area contributed by atoms with Crippen LogP contribution in [0.5, 0.6) is 0 Å². The molecule has 5 N–H and O–H groups in total. The number of nitrogens with one attached hydrogen (secondary N) is 4. The van der Waals surface area contributed by atoms with Gasteiger partial charge in [0.1, 0.15) is 22.8 Å². The van der Waals surface area contributed by atoms with E-state index in [1.54, 1.807) is 51.1 Å². The lowest BCUT2D eigenvalue weighted by Gasteiger charge is -2.04. The van der Waals surface area contributed by atoms with E-state index in [1.807, 2.05) is 119 Å². The van der Waals surface area contributed by atoms with Crippen LogP contribution in [0.2, 0.25) is 0 Å². The minimum atomic E-state index is -1.72. The van der Waals surface area contributed by atoms with Crippen molar-refractivity contribution in [2.75, 3.05) is 25.2 Å². The molecule has 0 radical (unpaired) electrons. The van der Waals surface area contributed by atoms with E-state index in [1.165, 1.54) is 55.8 Å². The second-order valence-corrected chi connectivity index (χ2v) is 31.0. The van der Waals surface area contributed by atoms with Crippen LogP contribution in [0.4, 0.5) is 0 Å². The van der Waals surface area contributed by atoms with Crippen LogP contribution in [0.3, 0.4) is 0 Å². The van der Waals surface area contributed by atoms with Gasteiger partial charge >= 0.3 is 35.3 Å². The number of hydrogen-bond acceptors (Lipinski definition) is 9. The van der Waals surface area contributed by atoms with Crippen LogP contribution in [-0.4, -0.2) is 96.5 Å². The van der Waals surface area contributed by atoms with Crippen molar-refractivity contribution < 1.29 is 48.1 Å². The highest BCUT2D eigenvalue weighted by molar-refractivity contribution is 7.54. The van der Waals surface area contributed by atoms with Crippen molar-refractivity contribution in [2.45, 2.75) is 87.0 Å². The number of ketones is 1. The first-order valence-electron chi connectivity index (χ1n) is 33.6. The third-order valence-electron chi connectivity index (χ3n) is 15.9. The highest BCUT2D eigenvalue weighted by atomic mass is 35.8. The molecule has 4 heterocycles. The number of benzene rings is 8. The first-order valence-corrected chi connectivity index (χ1v) is 40.3. The van der Waals surface area contributed by atoms with Gasteiger partial charge in [0.05, 0.1) is 25.2 Å². The predicted octanol–water partition coefficient (Wildman–Crippen LogP) is 22.0. The molecule has 0 saturated carbocycles. The maximum atomic E-state index is 12.4. The minimum Gasteiger partial charge on any atom is -0.477 e. The molecule has 4 aromatic heterocycles. The molecule has 0 unspecified atom stereocenters. The molecule has 0 bridgehead atoms. The summed E-state index contributed by atoms with van der Waals surface area (Å²) in [4.78, 5) is 80.3. The van der Waals surface area contributed by atoms with E-state index >= 15 is 0 Å². The van der Waals surface area contributed by atoms with Gasteiger partial charge in [-0.3, -0.25) is 9.59 Å². The van der Waals surface area contributed by atoms with Gasteiger partial charge < -0.3 is 39.3 Å². The monoisotopic (exact) mass is 1530 g/mol. The Hall–Kier alpha value is -9.11. The number of ether oxygens (including phenoxy) is 3. The van der Waals surface area contributed by atoms with Crippen LogP contribution in [0.25, 0.3) is 55.2 Å². The normalized spacial score (nSPS) is 10.5. The maximum absolute atomic E-state index is 12.4. The van der Waals surface area contributed by atoms with E-state index in [0.717, 1.165) is 88.5 Å². The number of carbonyl (C=O) groups excluding carboxylic acids is 5. The Morgan fingerprint density at radius 1 is 0.413 bits per heavy atom. The number of rotatable bonds is 20. The fourth-order valence-electron chi connectivity index (χ4n) is 10.9. The largest absolute Gasteiger partial charge is 0.643 e. The SMILES string of the molecule is CCOC(=O)c1cc(C(=O)/C=C/c2ccc3ccccc3c2)c(C)[nH]1.CCOC(=O)c1cc(CCCc2ccc3ccccc3c2)c(C)[nH]1.CCOC(=O)c1ccc(C)[nH]1.Cc1[nH]c(C(=O)O)cc1CCCc1ccc2ccccc2c1.ClCCl.O=C(Cl)/C=C/c1ccc2ccccc2c1.[Cl][Al]([Cl])[Cl]. The van der Waals surface area contributed by atoms with Crippen molar-refractivity contribution in [3.05, 3.63) is 297 Å². The average molecular weight is 1540 g/mol. The summed E-state index contributed by atoms with van der Waals surface area (Å²) < 4.78 is 14.8. The molecule has 8 aromatic carbocycles. The van der Waals surface area contributed by atoms with Crippen LogP contribution in [-0.2, 0) is 44.7 Å². The molecule has 0 fully saturated rings. The Morgan fingerprint density at radius 3 is 1.15 bits per heavy atom. The zero-order valence-corrected chi connectivity index (χ0v) is 64.6. The molecule has 14 nitrogen and oxygen atoms in total. The summed E-state index contributed by atoms with van der Waals surface area (Å²) in [5.41, 5.74) is 12.6. The Balaban J connectivity index is 0.000000204. The molecule has 0 aliphatic heterocycles. The highest BCUT2D eigenvalue weighted by Crippen LogP contribution is 2.24. The number of alkyl halides is 2. The van der Waals surface area contributed by atoms with E-state index in [9.17, 15) is 28.8 Å². The second-order valence-electron chi connectivity index (χ2n) is 23.4. The fourth-order valence-corrected chi connectivity index (χ4v) is 11.0. The summed E-state index contributed by atoms with van der Waals surface area (Å²) >= 11 is 13.0. The quantitative estimate of drug-likeness (QED) is 0.00926. The lowest BCUT2D eigenvalue weighted by molar-refractivity contribution is -0.107. The zero-order valence-electron chi connectivity index (χ0n) is 58.9. The zero-order chi connectivity index (χ0) is 75.5. The molecule has 12 aromatic rings. The second kappa shape index (κ2) is 44.5. The standard InChI is InChI=1S/C21H19NO3.C21H23NO2.C19H19NO2.C13H9ClO.C8H11NO2.CH2Cl2.Al.3ClH/c1-3-25-21(24)19-13-18(14(2)22-19)20(23)11-9-15-8-10-16-6-4-5-7-17(16)12-15;1-3-24-21(23)20-14-18(15(2)22-20)10-6-7-16-11-12-17-8-4-5-9-19(17)13-16;1-13-16(12-18(20-13)19(21)22)8-4-5-14-9-10-15-6-2-3-7-17(15)11-14;14-13(15)8-6-10-5-7-11-3-1-2-4-12(11)9-10;1-3-11-8(10)7-5-4-6(2)9-7;2-1-3;;;;/h4-13,22H,3H2,1-2H3;4-5,8-9,11-14,22H,3,6-7,10H2,1-2H3;2-3,6-7,9-12,20H,4-5,8H2,1H3,(H,21,22);1-9H;4-5,9H,3H2,1-2H3;1H2;;3*1H/q;;;;;;+3;;;/p-3/b11-9+;;;8-6+;;;;;;. The summed E-state index contributed by atoms with van der Waals surface area (Å²) in [7, 11) is 14.8.